The maximum absolute atomic E-state index is 6.15. The summed E-state index contributed by atoms with van der Waals surface area (Å²) in [7, 11) is 0. The van der Waals surface area contributed by atoms with Crippen molar-refractivity contribution in [1.82, 2.24) is 4.98 Å². The lowest BCUT2D eigenvalue weighted by molar-refractivity contribution is 0.875. The van der Waals surface area contributed by atoms with Gasteiger partial charge in [0, 0.05) is 28.0 Å². The number of rotatable bonds is 3. The second kappa shape index (κ2) is 5.46. The molecule has 0 saturated heterocycles. The molecule has 1 atom stereocenters. The Morgan fingerprint density at radius 3 is 2.67 bits per heavy atom. The van der Waals surface area contributed by atoms with Gasteiger partial charge in [0.25, 0.3) is 0 Å². The van der Waals surface area contributed by atoms with Crippen LogP contribution in [0.5, 0.6) is 0 Å². The van der Waals surface area contributed by atoms with Gasteiger partial charge >= 0.3 is 0 Å². The van der Waals surface area contributed by atoms with Gasteiger partial charge in [0.05, 0.1) is 6.04 Å². The zero-order valence-electron chi connectivity index (χ0n) is 9.82. The highest BCUT2D eigenvalue weighted by atomic mass is 35.5. The van der Waals surface area contributed by atoms with Crippen LogP contribution in [0.2, 0.25) is 10.0 Å². The number of benzene rings is 1. The fourth-order valence-electron chi connectivity index (χ4n) is 1.68. The van der Waals surface area contributed by atoms with Crippen LogP contribution in [0.1, 0.15) is 18.5 Å². The number of hydrogen-bond acceptors (Lipinski definition) is 3. The van der Waals surface area contributed by atoms with Crippen LogP contribution in [0.4, 0.5) is 11.5 Å². The number of hydrogen-bond donors (Lipinski definition) is 2. The molecule has 0 radical (unpaired) electrons. The Morgan fingerprint density at radius 1 is 1.22 bits per heavy atom. The predicted octanol–water partition coefficient (Wildman–Crippen LogP) is 4.14. The fraction of sp³-hybridized carbons (Fsp3) is 0.154. The second-order valence-corrected chi connectivity index (χ2v) is 4.85. The van der Waals surface area contributed by atoms with Crippen molar-refractivity contribution in [2.45, 2.75) is 13.0 Å². The normalized spacial score (nSPS) is 12.2. The molecule has 0 amide bonds. The molecule has 0 aliphatic carbocycles. The summed E-state index contributed by atoms with van der Waals surface area (Å²) in [6, 6.07) is 8.97. The molecule has 3 nitrogen and oxygen atoms in total. The van der Waals surface area contributed by atoms with Crippen LogP contribution in [-0.4, -0.2) is 4.98 Å². The minimum Gasteiger partial charge on any atom is -0.399 e. The number of aromatic nitrogens is 1. The van der Waals surface area contributed by atoms with Gasteiger partial charge < -0.3 is 11.1 Å². The van der Waals surface area contributed by atoms with Crippen LogP contribution in [0.15, 0.2) is 36.5 Å². The van der Waals surface area contributed by atoms with E-state index in [0.29, 0.717) is 21.6 Å². The van der Waals surface area contributed by atoms with E-state index in [4.69, 9.17) is 28.9 Å². The molecule has 5 heteroatoms. The Morgan fingerprint density at radius 2 is 2.00 bits per heavy atom. The molecule has 1 heterocycles. The Bertz CT molecular complexity index is 558. The number of anilines is 2. The largest absolute Gasteiger partial charge is 0.399 e. The van der Waals surface area contributed by atoms with E-state index in [0.717, 1.165) is 5.56 Å². The molecular weight excluding hydrogens is 269 g/mol. The van der Waals surface area contributed by atoms with Gasteiger partial charge in [0.1, 0.15) is 5.82 Å². The van der Waals surface area contributed by atoms with Gasteiger partial charge in [-0.3, -0.25) is 0 Å². The van der Waals surface area contributed by atoms with Crippen molar-refractivity contribution in [3.05, 3.63) is 52.1 Å². The number of halogens is 2. The third-order valence-electron chi connectivity index (χ3n) is 2.58. The Balaban J connectivity index is 2.19. The highest BCUT2D eigenvalue weighted by Crippen LogP contribution is 2.28. The highest BCUT2D eigenvalue weighted by molar-refractivity contribution is 6.35. The molecule has 3 N–H and O–H groups in total. The SMILES string of the molecule is CC(Nc1cc(N)ccn1)c1ccc(Cl)cc1Cl. The minimum atomic E-state index is 0.0177. The highest BCUT2D eigenvalue weighted by Gasteiger charge is 2.10. The van der Waals surface area contributed by atoms with Gasteiger partial charge in [-0.15, -0.1) is 0 Å². The van der Waals surface area contributed by atoms with Gasteiger partial charge in [-0.05, 0) is 30.7 Å². The molecule has 0 bridgehead atoms. The van der Waals surface area contributed by atoms with Crippen molar-refractivity contribution in [3.8, 4) is 0 Å². The van der Waals surface area contributed by atoms with Crippen LogP contribution in [-0.2, 0) is 0 Å². The van der Waals surface area contributed by atoms with E-state index in [-0.39, 0.29) is 6.04 Å². The molecule has 0 saturated carbocycles. The van der Waals surface area contributed by atoms with Crippen molar-refractivity contribution >= 4 is 34.7 Å². The van der Waals surface area contributed by atoms with Crippen LogP contribution in [0, 0.1) is 0 Å². The molecule has 2 rings (SSSR count). The average molecular weight is 282 g/mol. The first-order chi connectivity index (χ1) is 8.56. The topological polar surface area (TPSA) is 50.9 Å². The third-order valence-corrected chi connectivity index (χ3v) is 3.14. The molecular formula is C13H13Cl2N3. The van der Waals surface area contributed by atoms with Gasteiger partial charge in [-0.25, -0.2) is 4.98 Å². The zero-order chi connectivity index (χ0) is 13.1. The van der Waals surface area contributed by atoms with Gasteiger partial charge in [0.15, 0.2) is 0 Å². The average Bonchev–Trinajstić information content (AvgIpc) is 2.28. The van der Waals surface area contributed by atoms with Crippen LogP contribution < -0.4 is 11.1 Å². The third kappa shape index (κ3) is 3.06. The lowest BCUT2D eigenvalue weighted by Gasteiger charge is -2.16. The molecule has 0 fully saturated rings. The molecule has 0 aliphatic heterocycles. The Labute approximate surface area is 116 Å². The summed E-state index contributed by atoms with van der Waals surface area (Å²) in [6.45, 7) is 2.00. The number of nitrogens with zero attached hydrogens (tertiary/aromatic N) is 1. The quantitative estimate of drug-likeness (QED) is 0.889. The summed E-state index contributed by atoms with van der Waals surface area (Å²) < 4.78 is 0. The van der Waals surface area contributed by atoms with Gasteiger partial charge in [-0.2, -0.15) is 0 Å². The molecule has 1 aromatic heterocycles. The summed E-state index contributed by atoms with van der Waals surface area (Å²) in [4.78, 5) is 4.19. The predicted molar refractivity (Wildman–Crippen MR) is 77.1 cm³/mol. The maximum Gasteiger partial charge on any atom is 0.128 e. The first-order valence-electron chi connectivity index (χ1n) is 5.49. The first-order valence-corrected chi connectivity index (χ1v) is 6.25. The summed E-state index contributed by atoms with van der Waals surface area (Å²) in [5, 5.41) is 4.49. The van der Waals surface area contributed by atoms with E-state index in [1.807, 2.05) is 19.1 Å². The summed E-state index contributed by atoms with van der Waals surface area (Å²) in [5.41, 5.74) is 7.33. The second-order valence-electron chi connectivity index (χ2n) is 4.01. The van der Waals surface area contributed by atoms with E-state index in [1.54, 1.807) is 24.4 Å². The summed E-state index contributed by atoms with van der Waals surface area (Å²) >= 11 is 12.0. The first kappa shape index (κ1) is 13.0. The van der Waals surface area contributed by atoms with Crippen molar-refractivity contribution < 1.29 is 0 Å². The number of nitrogen functional groups attached to an aromatic ring is 1. The number of pyridine rings is 1. The smallest absolute Gasteiger partial charge is 0.128 e. The van der Waals surface area contributed by atoms with Crippen molar-refractivity contribution in [3.63, 3.8) is 0 Å². The van der Waals surface area contributed by atoms with E-state index >= 15 is 0 Å². The standard InChI is InChI=1S/C13H13Cl2N3/c1-8(11-3-2-9(14)6-12(11)15)18-13-7-10(16)4-5-17-13/h2-8H,1H3,(H3,16,17,18). The molecule has 0 spiro atoms. The lowest BCUT2D eigenvalue weighted by Crippen LogP contribution is -2.08. The molecule has 2 aromatic rings. The van der Waals surface area contributed by atoms with Gasteiger partial charge in [0.2, 0.25) is 0 Å². The number of nitrogens with two attached hydrogens (primary N) is 1. The fourth-order valence-corrected chi connectivity index (χ4v) is 2.25. The molecule has 18 heavy (non-hydrogen) atoms. The van der Waals surface area contributed by atoms with E-state index in [9.17, 15) is 0 Å². The number of nitrogens with one attached hydrogen (secondary N) is 1. The van der Waals surface area contributed by atoms with E-state index in [1.165, 1.54) is 0 Å². The van der Waals surface area contributed by atoms with Crippen molar-refractivity contribution in [2.75, 3.05) is 11.1 Å². The minimum absolute atomic E-state index is 0.0177. The summed E-state index contributed by atoms with van der Waals surface area (Å²) in [6.07, 6.45) is 1.66. The van der Waals surface area contributed by atoms with Crippen LogP contribution in [0.3, 0.4) is 0 Å². The molecule has 1 aromatic carbocycles. The Hall–Kier alpha value is -1.45. The van der Waals surface area contributed by atoms with Crippen LogP contribution in [0.25, 0.3) is 0 Å². The lowest BCUT2D eigenvalue weighted by atomic mass is 10.1. The van der Waals surface area contributed by atoms with E-state index in [2.05, 4.69) is 10.3 Å². The molecule has 1 unspecified atom stereocenters. The maximum atomic E-state index is 6.15. The van der Waals surface area contributed by atoms with Crippen molar-refractivity contribution in [2.24, 2.45) is 0 Å². The van der Waals surface area contributed by atoms with Gasteiger partial charge in [-0.1, -0.05) is 29.3 Å². The molecule has 0 aliphatic rings. The van der Waals surface area contributed by atoms with Crippen LogP contribution >= 0.6 is 23.2 Å². The van der Waals surface area contributed by atoms with E-state index < -0.39 is 0 Å². The van der Waals surface area contributed by atoms with Crippen molar-refractivity contribution in [1.29, 1.82) is 0 Å². The molecule has 94 valence electrons. The zero-order valence-corrected chi connectivity index (χ0v) is 11.3. The monoisotopic (exact) mass is 281 g/mol. The summed E-state index contributed by atoms with van der Waals surface area (Å²) in [5.74, 6) is 0.716. The Kier molecular flexibility index (Phi) is 3.94.